The number of ether oxygens (including phenoxy) is 2. The number of anilines is 2. The molecule has 1 amide bonds. The minimum Gasteiger partial charge on any atom is -0.495 e. The molecule has 8 heteroatoms. The van der Waals surface area contributed by atoms with Crippen molar-refractivity contribution in [1.29, 1.82) is 0 Å². The van der Waals surface area contributed by atoms with Gasteiger partial charge in [-0.3, -0.25) is 4.79 Å². The van der Waals surface area contributed by atoms with Gasteiger partial charge in [-0.1, -0.05) is 66.7 Å². The van der Waals surface area contributed by atoms with E-state index in [1.165, 1.54) is 17.1 Å². The number of methoxy groups -OCH3 is 1. The molecule has 1 aliphatic rings. The minimum atomic E-state index is -0.481. The fourth-order valence-electron chi connectivity index (χ4n) is 4.96. The van der Waals surface area contributed by atoms with E-state index in [2.05, 4.69) is 45.0 Å². The van der Waals surface area contributed by atoms with E-state index in [1.807, 2.05) is 61.5 Å². The fraction of sp³-hybridized carbons (Fsp3) is 0.129. The number of fused-ring (bicyclic) bond motifs is 2. The number of aromatic nitrogens is 3. The van der Waals surface area contributed by atoms with Crippen molar-refractivity contribution < 1.29 is 14.3 Å². The van der Waals surface area contributed by atoms with Crippen LogP contribution in [0.5, 0.6) is 11.5 Å². The summed E-state index contributed by atoms with van der Waals surface area (Å²) in [5, 5.41) is 13.0. The summed E-state index contributed by atoms with van der Waals surface area (Å²) in [6.07, 6.45) is 1.48. The molecule has 2 N–H and O–H groups in total. The van der Waals surface area contributed by atoms with Gasteiger partial charge >= 0.3 is 0 Å². The SMILES string of the molecule is COc1ccccc1NC(=O)C1=C(C)Nc2ncnn2C1c1ccc(OCc2cccc3ccccc23)cc1. The van der Waals surface area contributed by atoms with Crippen LogP contribution in [0.4, 0.5) is 11.6 Å². The van der Waals surface area contributed by atoms with E-state index in [9.17, 15) is 4.79 Å². The van der Waals surface area contributed by atoms with Crippen molar-refractivity contribution >= 4 is 28.3 Å². The van der Waals surface area contributed by atoms with Crippen LogP contribution in [0.2, 0.25) is 0 Å². The fourth-order valence-corrected chi connectivity index (χ4v) is 4.96. The first-order chi connectivity index (χ1) is 19.1. The van der Waals surface area contributed by atoms with Crippen molar-refractivity contribution in [2.75, 3.05) is 17.7 Å². The number of carbonyl (C=O) groups excluding carboxylic acids is 1. The normalized spacial score (nSPS) is 14.5. The Hall–Kier alpha value is -5.11. The molecule has 6 rings (SSSR count). The summed E-state index contributed by atoms with van der Waals surface area (Å²) < 4.78 is 13.3. The number of rotatable bonds is 7. The van der Waals surface area contributed by atoms with Gasteiger partial charge in [-0.05, 0) is 53.1 Å². The number of nitrogens with one attached hydrogen (secondary N) is 2. The Morgan fingerprint density at radius 2 is 1.74 bits per heavy atom. The summed E-state index contributed by atoms with van der Waals surface area (Å²) in [5.41, 5.74) is 3.82. The molecule has 194 valence electrons. The maximum atomic E-state index is 13.6. The lowest BCUT2D eigenvalue weighted by Gasteiger charge is -2.29. The highest BCUT2D eigenvalue weighted by molar-refractivity contribution is 6.06. The average molecular weight is 518 g/mol. The van der Waals surface area contributed by atoms with Crippen LogP contribution in [0.1, 0.15) is 24.1 Å². The lowest BCUT2D eigenvalue weighted by Crippen LogP contribution is -2.31. The number of benzene rings is 4. The second kappa shape index (κ2) is 10.3. The van der Waals surface area contributed by atoms with Crippen LogP contribution in [0.15, 0.2) is 109 Å². The topological polar surface area (TPSA) is 90.3 Å². The number of hydrogen-bond acceptors (Lipinski definition) is 6. The van der Waals surface area contributed by atoms with Gasteiger partial charge in [0.25, 0.3) is 5.91 Å². The standard InChI is InChI=1S/C31H27N5O3/c1-20-28(30(37)35-26-12-5-6-13-27(26)38-2)29(36-31(34-20)32-19-33-36)22-14-16-24(17-15-22)39-18-23-10-7-9-21-8-3-4-11-25(21)23/h3-17,19,29H,18H2,1-2H3,(H,35,37)(H,32,33,34). The predicted molar refractivity (Wildman–Crippen MR) is 151 cm³/mol. The van der Waals surface area contributed by atoms with Crippen LogP contribution >= 0.6 is 0 Å². The summed E-state index contributed by atoms with van der Waals surface area (Å²) in [6.45, 7) is 2.32. The van der Waals surface area contributed by atoms with Gasteiger partial charge in [-0.2, -0.15) is 10.1 Å². The van der Waals surface area contributed by atoms with Crippen molar-refractivity contribution in [3.8, 4) is 11.5 Å². The zero-order valence-electron chi connectivity index (χ0n) is 21.6. The predicted octanol–water partition coefficient (Wildman–Crippen LogP) is 5.95. The van der Waals surface area contributed by atoms with E-state index in [1.54, 1.807) is 23.9 Å². The van der Waals surface area contributed by atoms with Crippen molar-refractivity contribution in [2.24, 2.45) is 0 Å². The third-order valence-electron chi connectivity index (χ3n) is 6.86. The first-order valence-electron chi connectivity index (χ1n) is 12.6. The molecule has 0 fully saturated rings. The second-order valence-corrected chi connectivity index (χ2v) is 9.24. The Morgan fingerprint density at radius 3 is 2.59 bits per heavy atom. The number of amides is 1. The molecule has 1 aliphatic heterocycles. The average Bonchev–Trinajstić information content (AvgIpc) is 3.44. The van der Waals surface area contributed by atoms with Crippen LogP contribution in [0.3, 0.4) is 0 Å². The lowest BCUT2D eigenvalue weighted by molar-refractivity contribution is -0.113. The van der Waals surface area contributed by atoms with E-state index in [-0.39, 0.29) is 5.91 Å². The van der Waals surface area contributed by atoms with Gasteiger partial charge in [0, 0.05) is 5.70 Å². The van der Waals surface area contributed by atoms with Crippen LogP contribution < -0.4 is 20.1 Å². The van der Waals surface area contributed by atoms with E-state index < -0.39 is 6.04 Å². The molecule has 0 spiro atoms. The van der Waals surface area contributed by atoms with E-state index in [0.717, 1.165) is 16.9 Å². The molecule has 2 heterocycles. The summed E-state index contributed by atoms with van der Waals surface area (Å²) in [4.78, 5) is 18.0. The highest BCUT2D eigenvalue weighted by Crippen LogP contribution is 2.36. The van der Waals surface area contributed by atoms with Gasteiger partial charge in [0.05, 0.1) is 18.4 Å². The van der Waals surface area contributed by atoms with Crippen molar-refractivity contribution in [3.05, 3.63) is 120 Å². The highest BCUT2D eigenvalue weighted by atomic mass is 16.5. The van der Waals surface area contributed by atoms with Gasteiger partial charge in [0.2, 0.25) is 5.95 Å². The maximum Gasteiger partial charge on any atom is 0.255 e. The maximum absolute atomic E-state index is 13.6. The molecule has 5 aromatic rings. The van der Waals surface area contributed by atoms with E-state index in [4.69, 9.17) is 9.47 Å². The zero-order chi connectivity index (χ0) is 26.8. The Bertz CT molecular complexity index is 1690. The zero-order valence-corrected chi connectivity index (χ0v) is 21.6. The minimum absolute atomic E-state index is 0.257. The first-order valence-corrected chi connectivity index (χ1v) is 12.6. The smallest absolute Gasteiger partial charge is 0.255 e. The van der Waals surface area contributed by atoms with Crippen LogP contribution in [0, 0.1) is 0 Å². The number of nitrogens with zero attached hydrogens (tertiary/aromatic N) is 3. The number of para-hydroxylation sites is 2. The second-order valence-electron chi connectivity index (χ2n) is 9.24. The third kappa shape index (κ3) is 4.68. The monoisotopic (exact) mass is 517 g/mol. The van der Waals surface area contributed by atoms with Gasteiger partial charge in [0.15, 0.2) is 0 Å². The van der Waals surface area contributed by atoms with Crippen molar-refractivity contribution in [2.45, 2.75) is 19.6 Å². The van der Waals surface area contributed by atoms with Gasteiger partial charge in [-0.25, -0.2) is 4.68 Å². The summed E-state index contributed by atoms with van der Waals surface area (Å²) in [6, 6.07) is 29.1. The van der Waals surface area contributed by atoms with Gasteiger partial charge in [0.1, 0.15) is 30.5 Å². The number of allylic oxidation sites excluding steroid dienone is 1. The number of carbonyl (C=O) groups is 1. The van der Waals surface area contributed by atoms with Crippen LogP contribution in [-0.4, -0.2) is 27.8 Å². The Kier molecular flexibility index (Phi) is 6.42. The van der Waals surface area contributed by atoms with Crippen molar-refractivity contribution in [1.82, 2.24) is 14.8 Å². The lowest BCUT2D eigenvalue weighted by atomic mass is 9.95. The van der Waals surface area contributed by atoms with Crippen LogP contribution in [-0.2, 0) is 11.4 Å². The quantitative estimate of drug-likeness (QED) is 0.277. The molecular formula is C31H27N5O3. The Labute approximate surface area is 225 Å². The molecule has 1 aromatic heterocycles. The Morgan fingerprint density at radius 1 is 0.974 bits per heavy atom. The van der Waals surface area contributed by atoms with E-state index >= 15 is 0 Å². The molecule has 1 unspecified atom stereocenters. The summed E-state index contributed by atoms with van der Waals surface area (Å²) >= 11 is 0. The molecular weight excluding hydrogens is 490 g/mol. The number of hydrogen-bond donors (Lipinski definition) is 2. The Balaban J connectivity index is 1.27. The van der Waals surface area contributed by atoms with Crippen LogP contribution in [0.25, 0.3) is 10.8 Å². The molecule has 4 aromatic carbocycles. The molecule has 8 nitrogen and oxygen atoms in total. The highest BCUT2D eigenvalue weighted by Gasteiger charge is 2.33. The molecule has 0 saturated heterocycles. The molecule has 0 aliphatic carbocycles. The van der Waals surface area contributed by atoms with Crippen molar-refractivity contribution in [3.63, 3.8) is 0 Å². The van der Waals surface area contributed by atoms with E-state index in [0.29, 0.717) is 35.3 Å². The summed E-state index contributed by atoms with van der Waals surface area (Å²) in [7, 11) is 1.58. The van der Waals surface area contributed by atoms with Gasteiger partial charge in [-0.15, -0.1) is 0 Å². The van der Waals surface area contributed by atoms with Gasteiger partial charge < -0.3 is 20.1 Å². The largest absolute Gasteiger partial charge is 0.495 e. The third-order valence-corrected chi connectivity index (χ3v) is 6.86. The molecule has 1 atom stereocenters. The molecule has 0 saturated carbocycles. The summed E-state index contributed by atoms with van der Waals surface area (Å²) in [5.74, 6) is 1.63. The molecule has 0 radical (unpaired) electrons. The molecule has 0 bridgehead atoms. The molecule has 39 heavy (non-hydrogen) atoms. The first kappa shape index (κ1) is 24.2.